The highest BCUT2D eigenvalue weighted by Crippen LogP contribution is 2.18. The third-order valence-electron chi connectivity index (χ3n) is 2.60. The summed E-state index contributed by atoms with van der Waals surface area (Å²) in [7, 11) is 0. The van der Waals surface area contributed by atoms with E-state index in [9.17, 15) is 0 Å². The topological polar surface area (TPSA) is 60.2 Å². The highest BCUT2D eigenvalue weighted by molar-refractivity contribution is 7.09. The molecule has 0 amide bonds. The van der Waals surface area contributed by atoms with Gasteiger partial charge < -0.3 is 14.6 Å². The van der Waals surface area contributed by atoms with Crippen LogP contribution in [0.15, 0.2) is 22.0 Å². The van der Waals surface area contributed by atoms with Crippen LogP contribution in [-0.4, -0.2) is 29.8 Å². The number of thiophene rings is 1. The molecule has 98 valence electrons. The average molecular weight is 288 g/mol. The van der Waals surface area contributed by atoms with Crippen molar-refractivity contribution in [3.8, 4) is 0 Å². The second-order valence-corrected chi connectivity index (χ2v) is 4.90. The maximum atomic E-state index is 5.56. The molecule has 2 aromatic rings. The smallest absolute Gasteiger partial charge is 0.257 e. The Kier molecular flexibility index (Phi) is 4.71. The lowest BCUT2D eigenvalue weighted by Crippen LogP contribution is -2.33. The van der Waals surface area contributed by atoms with Crippen molar-refractivity contribution in [2.75, 3.05) is 19.7 Å². The van der Waals surface area contributed by atoms with Crippen molar-refractivity contribution in [3.63, 3.8) is 0 Å². The van der Waals surface area contributed by atoms with Crippen LogP contribution in [0.2, 0.25) is 0 Å². The number of nitrogens with one attached hydrogen (secondary N) is 1. The monoisotopic (exact) mass is 287 g/mol. The minimum absolute atomic E-state index is 0. The van der Waals surface area contributed by atoms with E-state index in [0.717, 1.165) is 25.3 Å². The lowest BCUT2D eigenvalue weighted by atomic mass is 10.3. The summed E-state index contributed by atoms with van der Waals surface area (Å²) >= 11 is 1.70. The van der Waals surface area contributed by atoms with Gasteiger partial charge in [0, 0.05) is 24.4 Å². The van der Waals surface area contributed by atoms with Crippen LogP contribution in [0.3, 0.4) is 0 Å². The van der Waals surface area contributed by atoms with Gasteiger partial charge in [-0.05, 0) is 11.4 Å². The number of hydrogen-bond donors (Lipinski definition) is 1. The molecule has 0 unspecified atom stereocenters. The summed E-state index contributed by atoms with van der Waals surface area (Å²) in [4.78, 5) is 5.61. The first kappa shape index (κ1) is 13.5. The highest BCUT2D eigenvalue weighted by atomic mass is 35.5. The summed E-state index contributed by atoms with van der Waals surface area (Å²) in [5.41, 5.74) is 0. The third kappa shape index (κ3) is 3.08. The Balaban J connectivity index is 0.00000120. The van der Waals surface area contributed by atoms with Gasteiger partial charge in [-0.25, -0.2) is 0 Å². The molecule has 0 aliphatic carbocycles. The van der Waals surface area contributed by atoms with Crippen LogP contribution < -0.4 is 5.32 Å². The molecule has 7 heteroatoms. The van der Waals surface area contributed by atoms with Crippen LogP contribution in [0.25, 0.3) is 0 Å². The van der Waals surface area contributed by atoms with Gasteiger partial charge in [0.25, 0.3) is 5.89 Å². The number of morpholine rings is 1. The van der Waals surface area contributed by atoms with Crippen molar-refractivity contribution in [3.05, 3.63) is 34.1 Å². The van der Waals surface area contributed by atoms with Crippen molar-refractivity contribution in [1.29, 1.82) is 0 Å². The summed E-state index contributed by atoms with van der Waals surface area (Å²) < 4.78 is 10.8. The lowest BCUT2D eigenvalue weighted by Gasteiger charge is -2.19. The van der Waals surface area contributed by atoms with Crippen molar-refractivity contribution < 1.29 is 9.26 Å². The molecule has 1 fully saturated rings. The molecular formula is C11H14ClN3O2S. The molecule has 18 heavy (non-hydrogen) atoms. The van der Waals surface area contributed by atoms with E-state index in [4.69, 9.17) is 9.26 Å². The normalized spacial score (nSPS) is 19.4. The van der Waals surface area contributed by atoms with Gasteiger partial charge in [0.1, 0.15) is 6.10 Å². The first-order chi connectivity index (χ1) is 8.42. The molecule has 5 nitrogen and oxygen atoms in total. The predicted octanol–water partition coefficient (Wildman–Crippen LogP) is 1.80. The zero-order chi connectivity index (χ0) is 11.5. The Morgan fingerprint density at radius 2 is 2.44 bits per heavy atom. The van der Waals surface area contributed by atoms with E-state index in [-0.39, 0.29) is 18.5 Å². The Morgan fingerprint density at radius 3 is 3.17 bits per heavy atom. The lowest BCUT2D eigenvalue weighted by molar-refractivity contribution is 0.00755. The van der Waals surface area contributed by atoms with Crippen LogP contribution in [0.4, 0.5) is 0 Å². The van der Waals surface area contributed by atoms with Crippen molar-refractivity contribution in [1.82, 2.24) is 15.5 Å². The number of halogens is 1. The van der Waals surface area contributed by atoms with Gasteiger partial charge >= 0.3 is 0 Å². The fourth-order valence-corrected chi connectivity index (χ4v) is 2.46. The van der Waals surface area contributed by atoms with E-state index in [1.807, 2.05) is 11.4 Å². The molecule has 3 heterocycles. The van der Waals surface area contributed by atoms with Gasteiger partial charge in [0.15, 0.2) is 5.82 Å². The van der Waals surface area contributed by atoms with E-state index >= 15 is 0 Å². The molecule has 0 spiro atoms. The minimum Gasteiger partial charge on any atom is -0.366 e. The first-order valence-corrected chi connectivity index (χ1v) is 6.47. The minimum atomic E-state index is -0.103. The van der Waals surface area contributed by atoms with E-state index in [1.54, 1.807) is 11.3 Å². The van der Waals surface area contributed by atoms with E-state index in [2.05, 4.69) is 21.5 Å². The Morgan fingerprint density at radius 1 is 1.50 bits per heavy atom. The summed E-state index contributed by atoms with van der Waals surface area (Å²) in [6.07, 6.45) is 0.620. The Hall–Kier alpha value is -0.950. The second kappa shape index (κ2) is 6.29. The second-order valence-electron chi connectivity index (χ2n) is 3.87. The molecule has 1 aliphatic heterocycles. The SMILES string of the molecule is Cl.c1csc(Cc2noc([C@@H]3CNCCO3)n2)c1. The fraction of sp³-hybridized carbons (Fsp3) is 0.455. The van der Waals surface area contributed by atoms with Gasteiger partial charge in [-0.2, -0.15) is 4.98 Å². The number of nitrogens with zero attached hydrogens (tertiary/aromatic N) is 2. The van der Waals surface area contributed by atoms with Crippen molar-refractivity contribution in [2.45, 2.75) is 12.5 Å². The molecule has 0 radical (unpaired) electrons. The molecule has 1 atom stereocenters. The van der Waals surface area contributed by atoms with Gasteiger partial charge in [-0.1, -0.05) is 11.2 Å². The molecule has 1 saturated heterocycles. The van der Waals surface area contributed by atoms with Gasteiger partial charge in [-0.15, -0.1) is 23.7 Å². The van der Waals surface area contributed by atoms with Crippen molar-refractivity contribution >= 4 is 23.7 Å². The third-order valence-corrected chi connectivity index (χ3v) is 3.48. The van der Waals surface area contributed by atoms with Crippen LogP contribution >= 0.6 is 23.7 Å². The van der Waals surface area contributed by atoms with E-state index < -0.39 is 0 Å². The summed E-state index contributed by atoms with van der Waals surface area (Å²) in [5, 5.41) is 9.26. The van der Waals surface area contributed by atoms with Crippen LogP contribution in [0.1, 0.15) is 22.7 Å². The Bertz CT molecular complexity index is 468. The molecule has 0 saturated carbocycles. The number of ether oxygens (including phenoxy) is 1. The van der Waals surface area contributed by atoms with Gasteiger partial charge in [0.2, 0.25) is 0 Å². The number of rotatable bonds is 3. The van der Waals surface area contributed by atoms with Crippen LogP contribution in [0, 0.1) is 0 Å². The first-order valence-electron chi connectivity index (χ1n) is 5.59. The zero-order valence-electron chi connectivity index (χ0n) is 9.67. The largest absolute Gasteiger partial charge is 0.366 e. The summed E-state index contributed by atoms with van der Waals surface area (Å²) in [5.74, 6) is 1.29. The summed E-state index contributed by atoms with van der Waals surface area (Å²) in [6.45, 7) is 2.31. The highest BCUT2D eigenvalue weighted by Gasteiger charge is 2.22. The van der Waals surface area contributed by atoms with Crippen LogP contribution in [0.5, 0.6) is 0 Å². The molecule has 0 aromatic carbocycles. The van der Waals surface area contributed by atoms with E-state index in [0.29, 0.717) is 12.5 Å². The molecule has 1 N–H and O–H groups in total. The van der Waals surface area contributed by atoms with Crippen molar-refractivity contribution in [2.24, 2.45) is 0 Å². The molecule has 2 aromatic heterocycles. The zero-order valence-corrected chi connectivity index (χ0v) is 11.3. The number of hydrogen-bond acceptors (Lipinski definition) is 6. The molecule has 3 rings (SSSR count). The van der Waals surface area contributed by atoms with Gasteiger partial charge in [0.05, 0.1) is 6.61 Å². The summed E-state index contributed by atoms with van der Waals surface area (Å²) in [6, 6.07) is 4.09. The maximum Gasteiger partial charge on any atom is 0.257 e. The van der Waals surface area contributed by atoms with E-state index in [1.165, 1.54) is 4.88 Å². The maximum absolute atomic E-state index is 5.56. The van der Waals surface area contributed by atoms with Gasteiger partial charge in [-0.3, -0.25) is 0 Å². The Labute approximate surface area is 115 Å². The average Bonchev–Trinajstić information content (AvgIpc) is 3.02. The number of aromatic nitrogens is 2. The standard InChI is InChI=1S/C11H13N3O2S.ClH/c1-2-8(17-5-1)6-10-13-11(16-14-10)9-7-12-3-4-15-9;/h1-2,5,9,12H,3-4,6-7H2;1H/t9-;/m0./s1. The quantitative estimate of drug-likeness (QED) is 0.933. The van der Waals surface area contributed by atoms with Crippen LogP contribution in [-0.2, 0) is 11.2 Å². The molecule has 1 aliphatic rings. The fourth-order valence-electron chi connectivity index (χ4n) is 1.76. The predicted molar refractivity (Wildman–Crippen MR) is 70.2 cm³/mol. The molecular weight excluding hydrogens is 274 g/mol. The molecule has 0 bridgehead atoms.